The summed E-state index contributed by atoms with van der Waals surface area (Å²) in [4.78, 5) is 24.9. The van der Waals surface area contributed by atoms with Crippen LogP contribution in [-0.2, 0) is 4.74 Å². The Hall–Kier alpha value is -1.82. The Bertz CT molecular complexity index is 450. The van der Waals surface area contributed by atoms with Crippen molar-refractivity contribution in [1.29, 1.82) is 0 Å². The summed E-state index contributed by atoms with van der Waals surface area (Å²) in [6.07, 6.45) is 2.72. The number of ether oxygens (including phenoxy) is 1. The van der Waals surface area contributed by atoms with Crippen molar-refractivity contribution in [2.45, 2.75) is 32.7 Å². The van der Waals surface area contributed by atoms with Gasteiger partial charge in [-0.15, -0.1) is 0 Å². The van der Waals surface area contributed by atoms with Gasteiger partial charge in [0.25, 0.3) is 5.91 Å². The number of aromatic carboxylic acids is 1. The molecule has 20 heavy (non-hydrogen) atoms. The van der Waals surface area contributed by atoms with Crippen LogP contribution in [-0.4, -0.2) is 48.2 Å². The van der Waals surface area contributed by atoms with Gasteiger partial charge >= 0.3 is 5.97 Å². The van der Waals surface area contributed by atoms with Gasteiger partial charge in [-0.25, -0.2) is 4.79 Å². The van der Waals surface area contributed by atoms with Crippen LogP contribution in [0.4, 0.5) is 0 Å². The van der Waals surface area contributed by atoms with Crippen molar-refractivity contribution >= 4 is 11.9 Å². The van der Waals surface area contributed by atoms with Crippen molar-refractivity contribution in [1.82, 2.24) is 4.90 Å². The first-order valence-electron chi connectivity index (χ1n) is 6.66. The van der Waals surface area contributed by atoms with E-state index < -0.39 is 5.97 Å². The van der Waals surface area contributed by atoms with E-state index in [-0.39, 0.29) is 23.3 Å². The Morgan fingerprint density at radius 3 is 2.50 bits per heavy atom. The number of methoxy groups -OCH3 is 1. The molecule has 6 nitrogen and oxygen atoms in total. The Morgan fingerprint density at radius 2 is 2.05 bits per heavy atom. The molecule has 0 bridgehead atoms. The lowest BCUT2D eigenvalue weighted by Crippen LogP contribution is -2.41. The highest BCUT2D eigenvalue weighted by Crippen LogP contribution is 2.16. The number of carboxylic acids is 1. The molecule has 0 aliphatic carbocycles. The Labute approximate surface area is 118 Å². The second-order valence-corrected chi connectivity index (χ2v) is 4.47. The van der Waals surface area contributed by atoms with Crippen LogP contribution in [0.2, 0.25) is 0 Å². The van der Waals surface area contributed by atoms with Gasteiger partial charge in [0.15, 0.2) is 5.76 Å². The quantitative estimate of drug-likeness (QED) is 0.791. The minimum absolute atomic E-state index is 0.0235. The molecule has 112 valence electrons. The number of carbonyl (C=O) groups is 2. The molecular weight excluding hydrogens is 262 g/mol. The van der Waals surface area contributed by atoms with E-state index in [0.29, 0.717) is 13.2 Å². The largest absolute Gasteiger partial charge is 0.478 e. The van der Waals surface area contributed by atoms with Gasteiger partial charge in [0.05, 0.1) is 12.2 Å². The zero-order valence-electron chi connectivity index (χ0n) is 12.1. The summed E-state index contributed by atoms with van der Waals surface area (Å²) in [6.45, 7) is 4.89. The lowest BCUT2D eigenvalue weighted by molar-refractivity contribution is 0.0558. The molecule has 0 aliphatic rings. The molecule has 1 aromatic rings. The summed E-state index contributed by atoms with van der Waals surface area (Å²) < 4.78 is 10.1. The third-order valence-electron chi connectivity index (χ3n) is 3.24. The first-order valence-corrected chi connectivity index (χ1v) is 6.66. The summed E-state index contributed by atoms with van der Waals surface area (Å²) in [5.74, 6) is -1.37. The number of carbonyl (C=O) groups excluding carboxylic acids is 1. The van der Waals surface area contributed by atoms with E-state index in [0.717, 1.165) is 19.1 Å². The SMILES string of the molecule is CCC(CC)N(CCOC)C(=O)c1cc(C(=O)O)co1. The van der Waals surface area contributed by atoms with E-state index in [9.17, 15) is 9.59 Å². The predicted molar refractivity (Wildman–Crippen MR) is 72.9 cm³/mol. The van der Waals surface area contributed by atoms with Gasteiger partial charge in [0, 0.05) is 25.8 Å². The van der Waals surface area contributed by atoms with Crippen molar-refractivity contribution in [2.24, 2.45) is 0 Å². The van der Waals surface area contributed by atoms with E-state index in [4.69, 9.17) is 14.3 Å². The average molecular weight is 283 g/mol. The number of rotatable bonds is 8. The number of hydrogen-bond acceptors (Lipinski definition) is 4. The highest BCUT2D eigenvalue weighted by molar-refractivity contribution is 5.95. The molecule has 1 rings (SSSR count). The molecule has 1 N–H and O–H groups in total. The summed E-state index contributed by atoms with van der Waals surface area (Å²) in [6, 6.07) is 1.34. The van der Waals surface area contributed by atoms with E-state index in [1.165, 1.54) is 6.07 Å². The third kappa shape index (κ3) is 3.84. The number of nitrogens with zero attached hydrogens (tertiary/aromatic N) is 1. The van der Waals surface area contributed by atoms with Gasteiger partial charge < -0.3 is 19.2 Å². The number of furan rings is 1. The fourth-order valence-electron chi connectivity index (χ4n) is 2.07. The Balaban J connectivity index is 2.92. The van der Waals surface area contributed by atoms with Gasteiger partial charge in [0.2, 0.25) is 0 Å². The molecule has 6 heteroatoms. The van der Waals surface area contributed by atoms with Gasteiger partial charge in [0.1, 0.15) is 6.26 Å². The first kappa shape index (κ1) is 16.2. The molecule has 1 aromatic heterocycles. The van der Waals surface area contributed by atoms with Gasteiger partial charge in [-0.2, -0.15) is 0 Å². The zero-order chi connectivity index (χ0) is 15.1. The zero-order valence-corrected chi connectivity index (χ0v) is 12.1. The van der Waals surface area contributed by atoms with Crippen molar-refractivity contribution in [3.63, 3.8) is 0 Å². The van der Waals surface area contributed by atoms with Crippen LogP contribution in [0.15, 0.2) is 16.7 Å². The van der Waals surface area contributed by atoms with Gasteiger partial charge in [-0.1, -0.05) is 13.8 Å². The summed E-state index contributed by atoms with van der Waals surface area (Å²) in [5.41, 5.74) is -0.0235. The van der Waals surface area contributed by atoms with Crippen LogP contribution in [0.1, 0.15) is 47.6 Å². The minimum atomic E-state index is -1.11. The second kappa shape index (κ2) is 7.69. The molecule has 0 unspecified atom stereocenters. The Kier molecular flexibility index (Phi) is 6.24. The van der Waals surface area contributed by atoms with Crippen LogP contribution in [0, 0.1) is 0 Å². The van der Waals surface area contributed by atoms with Crippen LogP contribution < -0.4 is 0 Å². The van der Waals surface area contributed by atoms with Crippen molar-refractivity contribution in [2.75, 3.05) is 20.3 Å². The molecule has 0 spiro atoms. The molecule has 0 saturated heterocycles. The molecule has 0 fully saturated rings. The molecule has 1 amide bonds. The number of carboxylic acid groups (broad SMARTS) is 1. The smallest absolute Gasteiger partial charge is 0.338 e. The van der Waals surface area contributed by atoms with Crippen LogP contribution in [0.5, 0.6) is 0 Å². The van der Waals surface area contributed by atoms with Crippen LogP contribution in [0.3, 0.4) is 0 Å². The highest BCUT2D eigenvalue weighted by Gasteiger charge is 2.25. The molecule has 0 radical (unpaired) electrons. The van der Waals surface area contributed by atoms with Crippen molar-refractivity contribution in [3.05, 3.63) is 23.7 Å². The van der Waals surface area contributed by atoms with Crippen molar-refractivity contribution < 1.29 is 23.8 Å². The molecule has 0 aromatic carbocycles. The predicted octanol–water partition coefficient (Wildman–Crippen LogP) is 2.25. The maximum absolute atomic E-state index is 12.4. The topological polar surface area (TPSA) is 80.0 Å². The summed E-state index contributed by atoms with van der Waals surface area (Å²) in [7, 11) is 1.57. The summed E-state index contributed by atoms with van der Waals surface area (Å²) >= 11 is 0. The normalized spacial score (nSPS) is 10.8. The minimum Gasteiger partial charge on any atom is -0.478 e. The molecule has 1 heterocycles. The fraction of sp³-hybridized carbons (Fsp3) is 0.571. The Morgan fingerprint density at radius 1 is 1.40 bits per heavy atom. The van der Waals surface area contributed by atoms with Crippen LogP contribution in [0.25, 0.3) is 0 Å². The first-order chi connectivity index (χ1) is 9.54. The monoisotopic (exact) mass is 283 g/mol. The molecule has 0 aliphatic heterocycles. The van der Waals surface area contributed by atoms with E-state index in [1.807, 2.05) is 13.8 Å². The van der Waals surface area contributed by atoms with E-state index in [2.05, 4.69) is 0 Å². The number of hydrogen-bond donors (Lipinski definition) is 1. The molecule has 0 atom stereocenters. The lowest BCUT2D eigenvalue weighted by Gasteiger charge is -2.29. The maximum Gasteiger partial charge on any atom is 0.338 e. The second-order valence-electron chi connectivity index (χ2n) is 4.47. The van der Waals surface area contributed by atoms with E-state index in [1.54, 1.807) is 12.0 Å². The lowest BCUT2D eigenvalue weighted by atomic mass is 10.1. The standard InChI is InChI=1S/C14H21NO5/c1-4-11(5-2)15(6-7-19-3)13(16)12-8-10(9-20-12)14(17)18/h8-9,11H,4-7H2,1-3H3,(H,17,18). The van der Waals surface area contributed by atoms with Gasteiger partial charge in [-0.3, -0.25) is 4.79 Å². The maximum atomic E-state index is 12.4. The molecule has 0 saturated carbocycles. The van der Waals surface area contributed by atoms with E-state index >= 15 is 0 Å². The molecular formula is C14H21NO5. The fourth-order valence-corrected chi connectivity index (χ4v) is 2.07. The van der Waals surface area contributed by atoms with Crippen LogP contribution >= 0.6 is 0 Å². The highest BCUT2D eigenvalue weighted by atomic mass is 16.5. The van der Waals surface area contributed by atoms with Crippen molar-refractivity contribution in [3.8, 4) is 0 Å². The van der Waals surface area contributed by atoms with Gasteiger partial charge in [-0.05, 0) is 12.8 Å². The summed E-state index contributed by atoms with van der Waals surface area (Å²) in [5, 5.41) is 8.86. The number of amides is 1. The third-order valence-corrected chi connectivity index (χ3v) is 3.24. The average Bonchev–Trinajstić information content (AvgIpc) is 2.92.